The molecule has 0 unspecified atom stereocenters. The van der Waals surface area contributed by atoms with Crippen molar-refractivity contribution in [2.45, 2.75) is 71.2 Å². The van der Waals surface area contributed by atoms with Gasteiger partial charge in [0.1, 0.15) is 18.8 Å². The molecule has 0 aromatic rings. The Morgan fingerprint density at radius 3 is 1.86 bits per heavy atom. The van der Waals surface area contributed by atoms with E-state index in [1.165, 1.54) is 27.7 Å². The van der Waals surface area contributed by atoms with Crippen LogP contribution < -0.4 is 0 Å². The molecule has 5 atom stereocenters. The fourth-order valence-electron chi connectivity index (χ4n) is 3.57. The van der Waals surface area contributed by atoms with Crippen LogP contribution in [-0.4, -0.2) is 79.1 Å². The summed E-state index contributed by atoms with van der Waals surface area (Å²) >= 11 is 0. The monoisotopic (exact) mass is 401 g/mol. The summed E-state index contributed by atoms with van der Waals surface area (Å²) in [6.45, 7) is 6.04. The molecule has 2 heterocycles. The fraction of sp³-hybridized carbons (Fsp3) is 0.778. The molecule has 2 rings (SSSR count). The molecule has 2 aliphatic heterocycles. The van der Waals surface area contributed by atoms with Crippen LogP contribution in [0.15, 0.2) is 0 Å². The summed E-state index contributed by atoms with van der Waals surface area (Å²) < 4.78 is 27.1. The average molecular weight is 401 g/mol. The summed E-state index contributed by atoms with van der Waals surface area (Å²) in [6.07, 6.45) is -2.19. The zero-order chi connectivity index (χ0) is 20.8. The Morgan fingerprint density at radius 2 is 1.36 bits per heavy atom. The van der Waals surface area contributed by atoms with Gasteiger partial charge in [-0.15, -0.1) is 0 Å². The molecule has 0 aliphatic carbocycles. The molecule has 2 fully saturated rings. The summed E-state index contributed by atoms with van der Waals surface area (Å²) in [5.74, 6) is -2.32. The SMILES string of the molecule is CC(=O)OC[C@H]1O[C@H](OC(C)=O)[C@H](N2CCCC2)[C@@H](OC(C)=O)[C@@H]1OC(C)=O. The van der Waals surface area contributed by atoms with E-state index >= 15 is 0 Å². The van der Waals surface area contributed by atoms with Gasteiger partial charge in [-0.1, -0.05) is 0 Å². The third-order valence-electron chi connectivity index (χ3n) is 4.51. The Bertz CT molecular complexity index is 602. The van der Waals surface area contributed by atoms with E-state index in [0.717, 1.165) is 12.8 Å². The van der Waals surface area contributed by atoms with Gasteiger partial charge in [0, 0.05) is 27.7 Å². The van der Waals surface area contributed by atoms with Gasteiger partial charge >= 0.3 is 23.9 Å². The highest BCUT2D eigenvalue weighted by molar-refractivity contribution is 5.68. The quantitative estimate of drug-likeness (QED) is 0.450. The van der Waals surface area contributed by atoms with Crippen molar-refractivity contribution in [3.8, 4) is 0 Å². The Morgan fingerprint density at radius 1 is 0.821 bits per heavy atom. The first-order chi connectivity index (χ1) is 13.2. The van der Waals surface area contributed by atoms with Gasteiger partial charge in [0.2, 0.25) is 6.29 Å². The summed E-state index contributed by atoms with van der Waals surface area (Å²) in [6, 6.07) is -0.659. The molecule has 0 N–H and O–H groups in total. The van der Waals surface area contributed by atoms with E-state index in [9.17, 15) is 19.2 Å². The first-order valence-electron chi connectivity index (χ1n) is 9.23. The van der Waals surface area contributed by atoms with E-state index < -0.39 is 54.5 Å². The second-order valence-corrected chi connectivity index (χ2v) is 6.84. The van der Waals surface area contributed by atoms with Crippen LogP contribution in [0.5, 0.6) is 0 Å². The van der Waals surface area contributed by atoms with Crippen molar-refractivity contribution in [2.75, 3.05) is 19.7 Å². The highest BCUT2D eigenvalue weighted by Gasteiger charge is 2.54. The van der Waals surface area contributed by atoms with Crippen LogP contribution >= 0.6 is 0 Å². The Balaban J connectivity index is 2.39. The number of likely N-dealkylation sites (tertiary alicyclic amines) is 1. The molecule has 2 saturated heterocycles. The molecule has 0 aromatic heterocycles. The standard InChI is InChI=1S/C18H27NO9/c1-10(20)24-9-14-16(25-11(2)21)17(26-12(3)22)15(19-7-5-6-8-19)18(28-14)27-13(4)23/h14-18H,5-9H2,1-4H3/t14-,15-,16-,17-,18+/m1/s1. The van der Waals surface area contributed by atoms with E-state index in [2.05, 4.69) is 0 Å². The molecule has 28 heavy (non-hydrogen) atoms. The predicted molar refractivity (Wildman–Crippen MR) is 92.8 cm³/mol. The molecule has 10 nitrogen and oxygen atoms in total. The first-order valence-corrected chi connectivity index (χ1v) is 9.23. The van der Waals surface area contributed by atoms with E-state index in [0.29, 0.717) is 13.1 Å². The van der Waals surface area contributed by atoms with Crippen molar-refractivity contribution in [3.05, 3.63) is 0 Å². The second-order valence-electron chi connectivity index (χ2n) is 6.84. The minimum atomic E-state index is -1.08. The molecule has 0 spiro atoms. The Hall–Kier alpha value is -2.20. The van der Waals surface area contributed by atoms with Gasteiger partial charge in [-0.2, -0.15) is 0 Å². The summed E-state index contributed by atoms with van der Waals surface area (Å²) in [5, 5.41) is 0. The number of nitrogens with zero attached hydrogens (tertiary/aromatic N) is 1. The van der Waals surface area contributed by atoms with Crippen LogP contribution in [-0.2, 0) is 42.9 Å². The van der Waals surface area contributed by atoms with Crippen LogP contribution in [0.1, 0.15) is 40.5 Å². The van der Waals surface area contributed by atoms with Gasteiger partial charge in [-0.25, -0.2) is 0 Å². The van der Waals surface area contributed by atoms with E-state index in [4.69, 9.17) is 23.7 Å². The van der Waals surface area contributed by atoms with Crippen molar-refractivity contribution >= 4 is 23.9 Å². The molecular formula is C18H27NO9. The second kappa shape index (κ2) is 9.83. The maximum atomic E-state index is 11.8. The van der Waals surface area contributed by atoms with E-state index in [1.807, 2.05) is 4.90 Å². The fourth-order valence-corrected chi connectivity index (χ4v) is 3.57. The number of hydrogen-bond acceptors (Lipinski definition) is 10. The minimum Gasteiger partial charge on any atom is -0.463 e. The van der Waals surface area contributed by atoms with Gasteiger partial charge < -0.3 is 23.7 Å². The minimum absolute atomic E-state index is 0.254. The largest absolute Gasteiger partial charge is 0.463 e. The zero-order valence-corrected chi connectivity index (χ0v) is 16.5. The molecule has 0 bridgehead atoms. The molecule has 0 radical (unpaired) electrons. The molecule has 2 aliphatic rings. The summed E-state index contributed by atoms with van der Waals surface area (Å²) in [7, 11) is 0. The van der Waals surface area contributed by atoms with Crippen LogP contribution in [0, 0.1) is 0 Å². The van der Waals surface area contributed by atoms with Crippen molar-refractivity contribution < 1.29 is 42.9 Å². The van der Waals surface area contributed by atoms with E-state index in [1.54, 1.807) is 0 Å². The number of carbonyl (C=O) groups excluding carboxylic acids is 4. The van der Waals surface area contributed by atoms with Crippen molar-refractivity contribution in [3.63, 3.8) is 0 Å². The number of esters is 4. The van der Waals surface area contributed by atoms with Gasteiger partial charge in [0.05, 0.1) is 0 Å². The van der Waals surface area contributed by atoms with Crippen molar-refractivity contribution in [2.24, 2.45) is 0 Å². The average Bonchev–Trinajstić information content (AvgIpc) is 3.08. The molecule has 0 aromatic carbocycles. The van der Waals surface area contributed by atoms with Gasteiger partial charge in [-0.3, -0.25) is 24.1 Å². The van der Waals surface area contributed by atoms with Crippen molar-refractivity contribution in [1.29, 1.82) is 0 Å². The van der Waals surface area contributed by atoms with Gasteiger partial charge in [0.25, 0.3) is 0 Å². The lowest BCUT2D eigenvalue weighted by molar-refractivity contribution is -0.284. The third-order valence-corrected chi connectivity index (χ3v) is 4.51. The van der Waals surface area contributed by atoms with Gasteiger partial charge in [0.15, 0.2) is 12.2 Å². The highest BCUT2D eigenvalue weighted by Crippen LogP contribution is 2.32. The lowest BCUT2D eigenvalue weighted by Gasteiger charge is -2.47. The zero-order valence-electron chi connectivity index (χ0n) is 16.5. The molecule has 158 valence electrons. The number of carbonyl (C=O) groups is 4. The lowest BCUT2D eigenvalue weighted by Crippen LogP contribution is -2.66. The van der Waals surface area contributed by atoms with E-state index in [-0.39, 0.29) is 6.61 Å². The molecule has 0 saturated carbocycles. The Kier molecular flexibility index (Phi) is 7.76. The highest BCUT2D eigenvalue weighted by atomic mass is 16.7. The van der Waals surface area contributed by atoms with Crippen LogP contribution in [0.2, 0.25) is 0 Å². The maximum Gasteiger partial charge on any atom is 0.304 e. The summed E-state index contributed by atoms with van der Waals surface area (Å²) in [4.78, 5) is 48.3. The number of hydrogen-bond donors (Lipinski definition) is 0. The van der Waals surface area contributed by atoms with Crippen molar-refractivity contribution in [1.82, 2.24) is 4.90 Å². The van der Waals surface area contributed by atoms with Crippen LogP contribution in [0.4, 0.5) is 0 Å². The first kappa shape index (κ1) is 22.1. The lowest BCUT2D eigenvalue weighted by atomic mass is 9.95. The number of rotatable bonds is 6. The van der Waals surface area contributed by atoms with Gasteiger partial charge in [-0.05, 0) is 25.9 Å². The van der Waals surface area contributed by atoms with Crippen LogP contribution in [0.25, 0.3) is 0 Å². The van der Waals surface area contributed by atoms with Crippen LogP contribution in [0.3, 0.4) is 0 Å². The normalized spacial score (nSPS) is 30.4. The molecule has 10 heteroatoms. The molecule has 0 amide bonds. The molecular weight excluding hydrogens is 374 g/mol. The Labute approximate surface area is 163 Å². The number of ether oxygens (including phenoxy) is 5. The predicted octanol–water partition coefficient (Wildman–Crippen LogP) is 0.165. The maximum absolute atomic E-state index is 11.8. The third kappa shape index (κ3) is 5.90. The smallest absolute Gasteiger partial charge is 0.304 e. The topological polar surface area (TPSA) is 118 Å². The summed E-state index contributed by atoms with van der Waals surface area (Å²) in [5.41, 5.74) is 0.